The first-order valence-corrected chi connectivity index (χ1v) is 10.8. The number of carboxylic acids is 1. The van der Waals surface area contributed by atoms with Crippen LogP contribution in [0.4, 0.5) is 4.79 Å². The van der Waals surface area contributed by atoms with Crippen LogP contribution in [0.2, 0.25) is 0 Å². The maximum atomic E-state index is 12.1. The van der Waals surface area contributed by atoms with E-state index in [1.54, 1.807) is 40.7 Å². The molecule has 36 heavy (non-hydrogen) atoms. The van der Waals surface area contributed by atoms with E-state index in [4.69, 9.17) is 16.2 Å². The lowest BCUT2D eigenvalue weighted by molar-refractivity contribution is -0.139. The minimum atomic E-state index is -1.25. The van der Waals surface area contributed by atoms with Crippen molar-refractivity contribution in [2.24, 2.45) is 16.5 Å². The summed E-state index contributed by atoms with van der Waals surface area (Å²) in [6, 6.07) is 7.81. The van der Waals surface area contributed by atoms with E-state index >= 15 is 0 Å². The van der Waals surface area contributed by atoms with Crippen molar-refractivity contribution < 1.29 is 19.4 Å². The van der Waals surface area contributed by atoms with E-state index in [0.29, 0.717) is 22.7 Å². The van der Waals surface area contributed by atoms with Crippen LogP contribution in [0.15, 0.2) is 60.5 Å². The molecule has 3 heterocycles. The first-order chi connectivity index (χ1) is 17.3. The van der Waals surface area contributed by atoms with Crippen LogP contribution in [-0.2, 0) is 22.6 Å². The van der Waals surface area contributed by atoms with Crippen molar-refractivity contribution >= 4 is 29.2 Å². The average Bonchev–Trinajstić information content (AvgIpc) is 3.49. The summed E-state index contributed by atoms with van der Waals surface area (Å²) >= 11 is 0. The summed E-state index contributed by atoms with van der Waals surface area (Å²) in [7, 11) is 0. The smallest absolute Gasteiger partial charge is 0.408 e. The second-order valence-corrected chi connectivity index (χ2v) is 7.78. The van der Waals surface area contributed by atoms with E-state index in [-0.39, 0.29) is 19.0 Å². The fraction of sp³-hybridized carbons (Fsp3) is 0.227. The summed E-state index contributed by atoms with van der Waals surface area (Å²) in [5.41, 5.74) is 13.1. The Morgan fingerprint density at radius 3 is 2.64 bits per heavy atom. The number of rotatable bonds is 9. The normalized spacial score (nSPS) is 12.6. The number of amides is 1. The number of imidazole rings is 2. The maximum absolute atomic E-state index is 12.1. The average molecular weight is 493 g/mol. The Morgan fingerprint density at radius 2 is 1.92 bits per heavy atom. The van der Waals surface area contributed by atoms with Gasteiger partial charge in [-0.25, -0.2) is 34.5 Å². The molecule has 0 aliphatic heterocycles. The van der Waals surface area contributed by atoms with Gasteiger partial charge in [0, 0.05) is 12.6 Å². The third kappa shape index (κ3) is 5.55. The van der Waals surface area contributed by atoms with Gasteiger partial charge in [0.1, 0.15) is 31.5 Å². The molecule has 0 aliphatic carbocycles. The van der Waals surface area contributed by atoms with Gasteiger partial charge in [-0.05, 0) is 12.5 Å². The molecule has 2 atom stereocenters. The number of nitrogens with one attached hydrogen (secondary N) is 1. The summed E-state index contributed by atoms with van der Waals surface area (Å²) in [6.07, 6.45) is 4.63. The van der Waals surface area contributed by atoms with Gasteiger partial charge in [0.15, 0.2) is 22.9 Å². The Morgan fingerprint density at radius 1 is 1.14 bits per heavy atom. The second-order valence-electron chi connectivity index (χ2n) is 7.78. The molecule has 0 spiro atoms. The zero-order valence-electron chi connectivity index (χ0n) is 19.2. The van der Waals surface area contributed by atoms with Crippen LogP contribution in [0.1, 0.15) is 24.3 Å². The van der Waals surface area contributed by atoms with Gasteiger partial charge in [-0.15, -0.1) is 0 Å². The molecule has 0 fully saturated rings. The zero-order chi connectivity index (χ0) is 25.7. The van der Waals surface area contributed by atoms with E-state index < -0.39 is 24.3 Å². The van der Waals surface area contributed by atoms with Crippen LogP contribution in [0.25, 0.3) is 17.0 Å². The topological polar surface area (TPSA) is 201 Å². The molecular formula is C22H24N10O4. The minimum absolute atomic E-state index is 0.0196. The number of aromatic nitrogens is 6. The van der Waals surface area contributed by atoms with Crippen molar-refractivity contribution in [2.75, 3.05) is 0 Å². The molecule has 1 aromatic carbocycles. The third-order valence-electron chi connectivity index (χ3n) is 5.17. The van der Waals surface area contributed by atoms with Gasteiger partial charge in [-0.2, -0.15) is 0 Å². The zero-order valence-corrected chi connectivity index (χ0v) is 19.2. The number of ether oxygens (including phenoxy) is 1. The third-order valence-corrected chi connectivity index (χ3v) is 5.17. The Hall–Kier alpha value is -5.01. The highest BCUT2D eigenvalue weighted by molar-refractivity contribution is 5.80. The largest absolute Gasteiger partial charge is 0.480 e. The second kappa shape index (κ2) is 10.5. The number of benzene rings is 1. The number of hydrogen-bond donors (Lipinski definition) is 4. The molecule has 0 bridgehead atoms. The number of alkyl carbamates (subject to hydrolysis) is 1. The quantitative estimate of drug-likeness (QED) is 0.190. The van der Waals surface area contributed by atoms with Crippen LogP contribution in [0.3, 0.4) is 0 Å². The van der Waals surface area contributed by atoms with Crippen molar-refractivity contribution in [3.8, 4) is 5.82 Å². The van der Waals surface area contributed by atoms with Crippen molar-refractivity contribution in [2.45, 2.75) is 32.2 Å². The molecule has 0 saturated heterocycles. The van der Waals surface area contributed by atoms with Crippen LogP contribution in [0, 0.1) is 0 Å². The molecule has 14 heteroatoms. The monoisotopic (exact) mass is 492 g/mol. The summed E-state index contributed by atoms with van der Waals surface area (Å²) in [5, 5.41) is 11.9. The number of nitrogens with zero attached hydrogens (tertiary/aromatic N) is 7. The molecular weight excluding hydrogens is 468 g/mol. The maximum Gasteiger partial charge on any atom is 0.408 e. The lowest BCUT2D eigenvalue weighted by Crippen LogP contribution is -2.42. The van der Waals surface area contributed by atoms with Crippen molar-refractivity contribution in [1.82, 2.24) is 34.4 Å². The molecule has 3 aromatic heterocycles. The SMILES string of the molecule is CC(N=C(N)N)n1cnc2c(-n3cnc(C[C@H](NC(=O)OCc4ccccc4)C(=O)O)c3)ncnc21. The molecule has 4 rings (SSSR count). The van der Waals surface area contributed by atoms with Crippen molar-refractivity contribution in [3.05, 3.63) is 66.8 Å². The van der Waals surface area contributed by atoms with E-state index in [0.717, 1.165) is 5.56 Å². The number of carbonyl (C=O) groups excluding carboxylic acids is 1. The predicted molar refractivity (Wildman–Crippen MR) is 128 cm³/mol. The molecule has 186 valence electrons. The molecule has 14 nitrogen and oxygen atoms in total. The highest BCUT2D eigenvalue weighted by Crippen LogP contribution is 2.21. The number of hydrogen-bond acceptors (Lipinski definition) is 8. The first kappa shape index (κ1) is 24.1. The van der Waals surface area contributed by atoms with Crippen LogP contribution < -0.4 is 16.8 Å². The Balaban J connectivity index is 1.47. The Bertz CT molecular complexity index is 1390. The van der Waals surface area contributed by atoms with Crippen molar-refractivity contribution in [3.63, 3.8) is 0 Å². The number of nitrogens with two attached hydrogens (primary N) is 2. The Labute approximate surface area is 204 Å². The first-order valence-electron chi connectivity index (χ1n) is 10.8. The van der Waals surface area contributed by atoms with E-state index in [9.17, 15) is 14.7 Å². The fourth-order valence-electron chi connectivity index (χ4n) is 3.48. The van der Waals surface area contributed by atoms with Crippen LogP contribution >= 0.6 is 0 Å². The van der Waals surface area contributed by atoms with E-state index in [1.807, 2.05) is 18.2 Å². The molecule has 0 saturated carbocycles. The lowest BCUT2D eigenvalue weighted by Gasteiger charge is -2.13. The summed E-state index contributed by atoms with van der Waals surface area (Å²) in [4.78, 5) is 45.2. The van der Waals surface area contributed by atoms with E-state index in [2.05, 4.69) is 30.2 Å². The molecule has 1 unspecified atom stereocenters. The number of aliphatic imine (C=N–C) groups is 1. The fourth-order valence-corrected chi connectivity index (χ4v) is 3.48. The van der Waals surface area contributed by atoms with Gasteiger partial charge in [-0.1, -0.05) is 30.3 Å². The lowest BCUT2D eigenvalue weighted by atomic mass is 10.2. The number of carbonyl (C=O) groups is 2. The highest BCUT2D eigenvalue weighted by atomic mass is 16.5. The molecule has 1 amide bonds. The van der Waals surface area contributed by atoms with Gasteiger partial charge >= 0.3 is 12.1 Å². The standard InChI is InChI=1S/C22H24N10O4/c1-13(29-21(23)24)32-12-28-17-18(25-10-26-19(17)32)31-8-15(27-11-31)7-16(20(33)34)30-22(35)36-9-14-5-3-2-4-6-14/h2-6,8,10-13,16H,7,9H2,1H3,(H,30,35)(H,33,34)(H4,23,24,29)/t13?,16-/m0/s1. The van der Waals surface area contributed by atoms with Gasteiger partial charge < -0.3 is 26.6 Å². The Kier molecular flexibility index (Phi) is 7.04. The number of fused-ring (bicyclic) bond motifs is 1. The summed E-state index contributed by atoms with van der Waals surface area (Å²) in [5.74, 6) is -0.863. The highest BCUT2D eigenvalue weighted by Gasteiger charge is 2.23. The predicted octanol–water partition coefficient (Wildman–Crippen LogP) is 0.726. The number of guanidine groups is 1. The van der Waals surface area contributed by atoms with Gasteiger partial charge in [0.05, 0.1) is 12.0 Å². The van der Waals surface area contributed by atoms with Gasteiger partial charge in [0.2, 0.25) is 0 Å². The van der Waals surface area contributed by atoms with Gasteiger partial charge in [-0.3, -0.25) is 9.13 Å². The summed E-state index contributed by atoms with van der Waals surface area (Å²) in [6.45, 7) is 1.80. The molecule has 0 aliphatic rings. The minimum Gasteiger partial charge on any atom is -0.480 e. The molecule has 0 radical (unpaired) electrons. The number of carboxylic acid groups (broad SMARTS) is 1. The summed E-state index contributed by atoms with van der Waals surface area (Å²) < 4.78 is 8.40. The van der Waals surface area contributed by atoms with E-state index in [1.165, 1.54) is 12.7 Å². The number of aliphatic carboxylic acids is 1. The van der Waals surface area contributed by atoms with Crippen LogP contribution in [0.5, 0.6) is 0 Å². The van der Waals surface area contributed by atoms with Crippen LogP contribution in [-0.4, -0.2) is 58.2 Å². The molecule has 6 N–H and O–H groups in total. The molecule has 4 aromatic rings. The van der Waals surface area contributed by atoms with Crippen molar-refractivity contribution in [1.29, 1.82) is 0 Å². The van der Waals surface area contributed by atoms with Gasteiger partial charge in [0.25, 0.3) is 0 Å².